The average molecular weight is 189 g/mol. The SMILES string of the molecule is CNC(=O)N(O)CCCN=C(N)N. The van der Waals surface area contributed by atoms with E-state index in [1.54, 1.807) is 0 Å². The fourth-order valence-corrected chi connectivity index (χ4v) is 0.659. The van der Waals surface area contributed by atoms with E-state index in [9.17, 15) is 4.79 Å². The number of nitrogens with zero attached hydrogens (tertiary/aromatic N) is 2. The Morgan fingerprint density at radius 3 is 2.69 bits per heavy atom. The summed E-state index contributed by atoms with van der Waals surface area (Å²) in [5, 5.41) is 11.8. The van der Waals surface area contributed by atoms with Gasteiger partial charge in [0.2, 0.25) is 0 Å². The van der Waals surface area contributed by atoms with Gasteiger partial charge in [-0.15, -0.1) is 0 Å². The Morgan fingerprint density at radius 2 is 2.23 bits per heavy atom. The number of nitrogens with two attached hydrogens (primary N) is 2. The molecule has 0 radical (unpaired) electrons. The summed E-state index contributed by atoms with van der Waals surface area (Å²) >= 11 is 0. The van der Waals surface area contributed by atoms with Gasteiger partial charge in [-0.05, 0) is 6.42 Å². The first-order valence-corrected chi connectivity index (χ1v) is 3.81. The number of nitrogens with one attached hydrogen (secondary N) is 1. The number of carbonyl (C=O) groups excluding carboxylic acids is 1. The number of rotatable bonds is 4. The first kappa shape index (κ1) is 11.5. The quantitative estimate of drug-likeness (QED) is 0.144. The third-order valence-corrected chi connectivity index (χ3v) is 1.27. The first-order chi connectivity index (χ1) is 6.07. The van der Waals surface area contributed by atoms with Gasteiger partial charge in [-0.25, -0.2) is 9.86 Å². The monoisotopic (exact) mass is 189 g/mol. The van der Waals surface area contributed by atoms with Crippen LogP contribution in [0.1, 0.15) is 6.42 Å². The van der Waals surface area contributed by atoms with E-state index in [-0.39, 0.29) is 12.5 Å². The van der Waals surface area contributed by atoms with Crippen LogP contribution in [0.3, 0.4) is 0 Å². The van der Waals surface area contributed by atoms with Gasteiger partial charge in [0, 0.05) is 13.6 Å². The van der Waals surface area contributed by atoms with Gasteiger partial charge in [-0.1, -0.05) is 0 Å². The minimum Gasteiger partial charge on any atom is -0.370 e. The van der Waals surface area contributed by atoms with Crippen molar-refractivity contribution in [2.75, 3.05) is 20.1 Å². The molecular formula is C6H15N5O2. The molecule has 0 aromatic rings. The highest BCUT2D eigenvalue weighted by Crippen LogP contribution is 1.88. The lowest BCUT2D eigenvalue weighted by molar-refractivity contribution is -0.0424. The number of hydrogen-bond acceptors (Lipinski definition) is 3. The lowest BCUT2D eigenvalue weighted by atomic mass is 10.4. The molecular weight excluding hydrogens is 174 g/mol. The van der Waals surface area contributed by atoms with Gasteiger partial charge in [-0.3, -0.25) is 10.2 Å². The predicted molar refractivity (Wildman–Crippen MR) is 48.2 cm³/mol. The third kappa shape index (κ3) is 5.74. The second-order valence-electron chi connectivity index (χ2n) is 2.34. The van der Waals surface area contributed by atoms with E-state index in [4.69, 9.17) is 16.7 Å². The molecule has 0 unspecified atom stereocenters. The van der Waals surface area contributed by atoms with Crippen LogP contribution in [0.25, 0.3) is 0 Å². The van der Waals surface area contributed by atoms with Crippen LogP contribution < -0.4 is 16.8 Å². The molecule has 2 amide bonds. The van der Waals surface area contributed by atoms with Gasteiger partial charge in [0.15, 0.2) is 5.96 Å². The van der Waals surface area contributed by atoms with Crippen LogP contribution in [-0.2, 0) is 0 Å². The molecule has 0 aliphatic carbocycles. The Kier molecular flexibility index (Phi) is 5.37. The molecule has 0 heterocycles. The van der Waals surface area contributed by atoms with Crippen molar-refractivity contribution >= 4 is 12.0 Å². The third-order valence-electron chi connectivity index (χ3n) is 1.27. The summed E-state index contributed by atoms with van der Waals surface area (Å²) in [4.78, 5) is 14.4. The standard InChI is InChI=1S/C6H15N5O2/c1-9-6(12)11(13)4-2-3-10-5(7)8/h13H,2-4H2,1H3,(H,9,12)(H4,7,8,10). The number of hydroxylamine groups is 2. The van der Waals surface area contributed by atoms with Crippen molar-refractivity contribution in [3.05, 3.63) is 0 Å². The van der Waals surface area contributed by atoms with Gasteiger partial charge in [0.05, 0.1) is 6.54 Å². The van der Waals surface area contributed by atoms with Crippen molar-refractivity contribution in [2.24, 2.45) is 16.5 Å². The molecule has 0 fully saturated rings. The molecule has 76 valence electrons. The highest BCUT2D eigenvalue weighted by molar-refractivity contribution is 5.75. The maximum atomic E-state index is 10.7. The van der Waals surface area contributed by atoms with Crippen molar-refractivity contribution in [3.63, 3.8) is 0 Å². The van der Waals surface area contributed by atoms with Crippen LogP contribution >= 0.6 is 0 Å². The molecule has 6 N–H and O–H groups in total. The largest absolute Gasteiger partial charge is 0.370 e. The fourth-order valence-electron chi connectivity index (χ4n) is 0.659. The van der Waals surface area contributed by atoms with Crippen LogP contribution in [0.2, 0.25) is 0 Å². The van der Waals surface area contributed by atoms with Crippen molar-refractivity contribution < 1.29 is 10.0 Å². The average Bonchev–Trinajstić information content (AvgIpc) is 2.10. The molecule has 7 heteroatoms. The van der Waals surface area contributed by atoms with Gasteiger partial charge in [0.25, 0.3) is 0 Å². The maximum Gasteiger partial charge on any atom is 0.340 e. The van der Waals surface area contributed by atoms with Crippen molar-refractivity contribution in [3.8, 4) is 0 Å². The summed E-state index contributed by atoms with van der Waals surface area (Å²) in [5.74, 6) is 0.00410. The van der Waals surface area contributed by atoms with Crippen molar-refractivity contribution in [1.29, 1.82) is 0 Å². The number of amides is 2. The zero-order chi connectivity index (χ0) is 10.3. The molecule has 0 spiro atoms. The summed E-state index contributed by atoms with van der Waals surface area (Å²) in [6, 6.07) is -0.551. The van der Waals surface area contributed by atoms with E-state index in [0.717, 1.165) is 0 Å². The summed E-state index contributed by atoms with van der Waals surface area (Å²) in [5.41, 5.74) is 10.1. The van der Waals surface area contributed by atoms with Crippen LogP contribution in [-0.4, -0.2) is 42.4 Å². The molecule has 0 saturated heterocycles. The summed E-state index contributed by atoms with van der Waals surface area (Å²) in [7, 11) is 1.43. The molecule has 0 rings (SSSR count). The molecule has 7 nitrogen and oxygen atoms in total. The normalized spacial score (nSPS) is 9.08. The van der Waals surface area contributed by atoms with Crippen LogP contribution in [0.15, 0.2) is 4.99 Å². The molecule has 0 atom stereocenters. The Hall–Kier alpha value is -1.50. The van der Waals surface area contributed by atoms with E-state index in [1.165, 1.54) is 7.05 Å². The minimum atomic E-state index is -0.551. The molecule has 0 bridgehead atoms. The second-order valence-corrected chi connectivity index (χ2v) is 2.34. The molecule has 0 aliphatic rings. The Bertz CT molecular complexity index is 189. The van der Waals surface area contributed by atoms with E-state index < -0.39 is 6.03 Å². The topological polar surface area (TPSA) is 117 Å². The highest BCUT2D eigenvalue weighted by Gasteiger charge is 2.05. The Labute approximate surface area is 76.4 Å². The zero-order valence-corrected chi connectivity index (χ0v) is 7.53. The molecule has 0 aromatic carbocycles. The minimum absolute atomic E-state index is 0.00410. The molecule has 0 aromatic heterocycles. The summed E-state index contributed by atoms with van der Waals surface area (Å²) in [6.45, 7) is 0.576. The number of guanidine groups is 1. The van der Waals surface area contributed by atoms with Gasteiger partial charge >= 0.3 is 6.03 Å². The smallest absolute Gasteiger partial charge is 0.340 e. The lowest BCUT2D eigenvalue weighted by Gasteiger charge is -2.12. The summed E-state index contributed by atoms with van der Waals surface area (Å²) < 4.78 is 0. The Balaban J connectivity index is 3.53. The summed E-state index contributed by atoms with van der Waals surface area (Å²) in [6.07, 6.45) is 0.502. The predicted octanol–water partition coefficient (Wildman–Crippen LogP) is -1.32. The van der Waals surface area contributed by atoms with Crippen LogP contribution in [0.5, 0.6) is 0 Å². The number of urea groups is 1. The van der Waals surface area contributed by atoms with E-state index in [1.807, 2.05) is 0 Å². The number of hydrogen-bond donors (Lipinski definition) is 4. The Morgan fingerprint density at radius 1 is 1.62 bits per heavy atom. The van der Waals surface area contributed by atoms with Crippen LogP contribution in [0.4, 0.5) is 4.79 Å². The van der Waals surface area contributed by atoms with Crippen LogP contribution in [0, 0.1) is 0 Å². The van der Waals surface area contributed by atoms with E-state index in [2.05, 4.69) is 10.3 Å². The maximum absolute atomic E-state index is 10.7. The van der Waals surface area contributed by atoms with E-state index >= 15 is 0 Å². The molecule has 13 heavy (non-hydrogen) atoms. The van der Waals surface area contributed by atoms with Gasteiger partial charge in [0.1, 0.15) is 0 Å². The zero-order valence-electron chi connectivity index (χ0n) is 7.53. The first-order valence-electron chi connectivity index (χ1n) is 3.81. The van der Waals surface area contributed by atoms with Crippen molar-refractivity contribution in [1.82, 2.24) is 10.4 Å². The molecule has 0 aliphatic heterocycles. The molecule has 0 saturated carbocycles. The fraction of sp³-hybridized carbons (Fsp3) is 0.667. The highest BCUT2D eigenvalue weighted by atomic mass is 16.5. The van der Waals surface area contributed by atoms with Gasteiger partial charge in [-0.2, -0.15) is 0 Å². The lowest BCUT2D eigenvalue weighted by Crippen LogP contribution is -2.36. The number of carbonyl (C=O) groups is 1. The number of aliphatic imine (C=N–C) groups is 1. The van der Waals surface area contributed by atoms with Gasteiger partial charge < -0.3 is 16.8 Å². The second kappa shape index (κ2) is 6.06. The van der Waals surface area contributed by atoms with Crippen molar-refractivity contribution in [2.45, 2.75) is 6.42 Å². The van der Waals surface area contributed by atoms with E-state index in [0.29, 0.717) is 18.0 Å².